The van der Waals surface area contributed by atoms with Crippen LogP contribution in [0.15, 0.2) is 41.6 Å². The molecular weight excluding hydrogens is 382 g/mol. The average Bonchev–Trinajstić information content (AvgIpc) is 3.09. The summed E-state index contributed by atoms with van der Waals surface area (Å²) in [4.78, 5) is 24.5. The number of carboxylic acid groups (broad SMARTS) is 1. The molecular formula is C16H12ClN3O3S2. The molecule has 0 unspecified atom stereocenters. The molecule has 0 bridgehead atoms. The standard InChI is InChI=1S/C16H12ClN3O3S2/c17-12-4-2-1-3-11(12)8-19-7-10(6-18-19)5-13-15(23)20(9-14(21)22)16(24)25-13/h1-7H,8-9H2,(H,21,22)/b13-5+. The zero-order chi connectivity index (χ0) is 18.0. The van der Waals surface area contributed by atoms with Crippen molar-refractivity contribution in [1.29, 1.82) is 0 Å². The number of benzene rings is 1. The van der Waals surface area contributed by atoms with Crippen molar-refractivity contribution in [2.24, 2.45) is 0 Å². The minimum Gasteiger partial charge on any atom is -0.480 e. The van der Waals surface area contributed by atoms with Crippen molar-refractivity contribution in [3.05, 3.63) is 57.7 Å². The second kappa shape index (κ2) is 7.38. The molecule has 6 nitrogen and oxygen atoms in total. The van der Waals surface area contributed by atoms with E-state index >= 15 is 0 Å². The maximum Gasteiger partial charge on any atom is 0.323 e. The molecule has 1 aliphatic rings. The third-order valence-electron chi connectivity index (χ3n) is 3.41. The van der Waals surface area contributed by atoms with E-state index in [9.17, 15) is 9.59 Å². The smallest absolute Gasteiger partial charge is 0.323 e. The molecule has 1 aromatic carbocycles. The van der Waals surface area contributed by atoms with E-state index in [2.05, 4.69) is 5.10 Å². The van der Waals surface area contributed by atoms with Crippen LogP contribution in [0.25, 0.3) is 6.08 Å². The van der Waals surface area contributed by atoms with E-state index in [0.29, 0.717) is 16.5 Å². The Morgan fingerprint density at radius 2 is 2.16 bits per heavy atom. The van der Waals surface area contributed by atoms with Gasteiger partial charge in [0.1, 0.15) is 10.9 Å². The summed E-state index contributed by atoms with van der Waals surface area (Å²) in [5, 5.41) is 13.8. The van der Waals surface area contributed by atoms with Crippen molar-refractivity contribution in [3.63, 3.8) is 0 Å². The molecule has 0 atom stereocenters. The number of nitrogens with zero attached hydrogens (tertiary/aromatic N) is 3. The van der Waals surface area contributed by atoms with Crippen LogP contribution in [0.2, 0.25) is 5.02 Å². The predicted molar refractivity (Wildman–Crippen MR) is 100 cm³/mol. The van der Waals surface area contributed by atoms with Crippen LogP contribution in [0.5, 0.6) is 0 Å². The molecule has 0 radical (unpaired) electrons. The summed E-state index contributed by atoms with van der Waals surface area (Å²) in [6.45, 7) is 0.0707. The number of halogens is 1. The molecule has 1 aliphatic heterocycles. The lowest BCUT2D eigenvalue weighted by molar-refractivity contribution is -0.140. The van der Waals surface area contributed by atoms with Gasteiger partial charge in [-0.15, -0.1) is 0 Å². The van der Waals surface area contributed by atoms with Gasteiger partial charge in [0.15, 0.2) is 0 Å². The van der Waals surface area contributed by atoms with Gasteiger partial charge in [-0.25, -0.2) is 0 Å². The van der Waals surface area contributed by atoms with E-state index in [-0.39, 0.29) is 4.32 Å². The van der Waals surface area contributed by atoms with Crippen molar-refractivity contribution in [1.82, 2.24) is 14.7 Å². The Balaban J connectivity index is 1.76. The van der Waals surface area contributed by atoms with E-state index in [0.717, 1.165) is 27.8 Å². The van der Waals surface area contributed by atoms with Gasteiger partial charge in [0.05, 0.1) is 17.6 Å². The number of carboxylic acids is 1. The van der Waals surface area contributed by atoms with Gasteiger partial charge in [0.2, 0.25) is 0 Å². The van der Waals surface area contributed by atoms with Crippen LogP contribution in [-0.2, 0) is 16.1 Å². The van der Waals surface area contributed by atoms with Crippen LogP contribution in [0.1, 0.15) is 11.1 Å². The van der Waals surface area contributed by atoms with Gasteiger partial charge in [-0.1, -0.05) is 53.8 Å². The molecule has 0 aliphatic carbocycles. The lowest BCUT2D eigenvalue weighted by Crippen LogP contribution is -2.33. The van der Waals surface area contributed by atoms with E-state index in [1.807, 2.05) is 24.3 Å². The number of carbonyl (C=O) groups excluding carboxylic acids is 1. The molecule has 1 aromatic heterocycles. The molecule has 1 amide bonds. The largest absolute Gasteiger partial charge is 0.480 e. The molecule has 1 saturated heterocycles. The third-order valence-corrected chi connectivity index (χ3v) is 5.15. The fraction of sp³-hybridized carbons (Fsp3) is 0.125. The number of aliphatic carboxylic acids is 1. The summed E-state index contributed by atoms with van der Waals surface area (Å²) >= 11 is 12.3. The monoisotopic (exact) mass is 393 g/mol. The van der Waals surface area contributed by atoms with E-state index < -0.39 is 18.4 Å². The fourth-order valence-corrected chi connectivity index (χ4v) is 3.72. The molecule has 0 spiro atoms. The van der Waals surface area contributed by atoms with Gasteiger partial charge < -0.3 is 5.11 Å². The van der Waals surface area contributed by atoms with Gasteiger partial charge >= 0.3 is 5.97 Å². The minimum atomic E-state index is -1.11. The molecule has 0 saturated carbocycles. The Labute approximate surface area is 158 Å². The average molecular weight is 394 g/mol. The molecule has 128 valence electrons. The van der Waals surface area contributed by atoms with Crippen molar-refractivity contribution in [3.8, 4) is 0 Å². The fourth-order valence-electron chi connectivity index (χ4n) is 2.26. The number of carbonyl (C=O) groups is 2. The number of amides is 1. The first-order valence-electron chi connectivity index (χ1n) is 7.17. The summed E-state index contributed by atoms with van der Waals surface area (Å²) in [6.07, 6.45) is 5.06. The quantitative estimate of drug-likeness (QED) is 0.621. The maximum atomic E-state index is 12.2. The number of aromatic nitrogens is 2. The third kappa shape index (κ3) is 4.09. The zero-order valence-corrected chi connectivity index (χ0v) is 15.1. The Kier molecular flexibility index (Phi) is 5.22. The first-order chi connectivity index (χ1) is 11.9. The molecule has 9 heteroatoms. The molecule has 1 N–H and O–H groups in total. The number of thioether (sulfide) groups is 1. The molecule has 2 heterocycles. The van der Waals surface area contributed by atoms with Gasteiger partial charge in [0.25, 0.3) is 5.91 Å². The van der Waals surface area contributed by atoms with Crippen LogP contribution in [-0.4, -0.2) is 42.5 Å². The molecule has 2 aromatic rings. The van der Waals surface area contributed by atoms with E-state index in [4.69, 9.17) is 28.9 Å². The van der Waals surface area contributed by atoms with Gasteiger partial charge in [-0.2, -0.15) is 5.10 Å². The highest BCUT2D eigenvalue weighted by atomic mass is 35.5. The summed E-state index contributed by atoms with van der Waals surface area (Å²) in [5.74, 6) is -1.51. The van der Waals surface area contributed by atoms with Crippen LogP contribution < -0.4 is 0 Å². The number of hydrogen-bond acceptors (Lipinski definition) is 5. The normalized spacial score (nSPS) is 16.0. The molecule has 3 rings (SSSR count). The summed E-state index contributed by atoms with van der Waals surface area (Å²) in [6, 6.07) is 7.49. The predicted octanol–water partition coefficient (Wildman–Crippen LogP) is 2.87. The molecule has 25 heavy (non-hydrogen) atoms. The highest BCUT2D eigenvalue weighted by molar-refractivity contribution is 8.26. The van der Waals surface area contributed by atoms with Gasteiger partial charge in [0, 0.05) is 16.8 Å². The van der Waals surface area contributed by atoms with E-state index in [1.165, 1.54) is 0 Å². The number of rotatable bonds is 5. The Morgan fingerprint density at radius 3 is 2.88 bits per heavy atom. The minimum absolute atomic E-state index is 0.238. The van der Waals surface area contributed by atoms with E-state index in [1.54, 1.807) is 23.2 Å². The topological polar surface area (TPSA) is 75.4 Å². The lowest BCUT2D eigenvalue weighted by Gasteiger charge is -2.09. The second-order valence-electron chi connectivity index (χ2n) is 5.22. The Morgan fingerprint density at radius 1 is 1.40 bits per heavy atom. The maximum absolute atomic E-state index is 12.2. The summed E-state index contributed by atoms with van der Waals surface area (Å²) < 4.78 is 1.95. The number of thiocarbonyl (C=S) groups is 1. The highest BCUT2D eigenvalue weighted by Gasteiger charge is 2.33. The van der Waals surface area contributed by atoms with Crippen molar-refractivity contribution >= 4 is 57.9 Å². The Hall–Kier alpha value is -2.16. The highest BCUT2D eigenvalue weighted by Crippen LogP contribution is 2.32. The van der Waals surface area contributed by atoms with Gasteiger partial charge in [-0.05, 0) is 17.7 Å². The lowest BCUT2D eigenvalue weighted by atomic mass is 10.2. The first-order valence-corrected chi connectivity index (χ1v) is 8.77. The summed E-state index contributed by atoms with van der Waals surface area (Å²) in [7, 11) is 0. The SMILES string of the molecule is O=C(O)CN1C(=O)/C(=C\c2cnn(Cc3ccccc3Cl)c2)SC1=S. The Bertz CT molecular complexity index is 894. The van der Waals surface area contributed by atoms with Crippen molar-refractivity contribution < 1.29 is 14.7 Å². The van der Waals surface area contributed by atoms with Gasteiger partial charge in [-0.3, -0.25) is 19.2 Å². The zero-order valence-electron chi connectivity index (χ0n) is 12.8. The van der Waals surface area contributed by atoms with Crippen molar-refractivity contribution in [2.75, 3.05) is 6.54 Å². The second-order valence-corrected chi connectivity index (χ2v) is 7.31. The summed E-state index contributed by atoms with van der Waals surface area (Å²) in [5.41, 5.74) is 1.66. The van der Waals surface area contributed by atoms with Crippen LogP contribution in [0.4, 0.5) is 0 Å². The van der Waals surface area contributed by atoms with Crippen LogP contribution >= 0.6 is 35.6 Å². The number of hydrogen-bond donors (Lipinski definition) is 1. The van der Waals surface area contributed by atoms with Crippen LogP contribution in [0, 0.1) is 0 Å². The van der Waals surface area contributed by atoms with Crippen molar-refractivity contribution in [2.45, 2.75) is 6.54 Å². The van der Waals surface area contributed by atoms with Crippen LogP contribution in [0.3, 0.4) is 0 Å². The first kappa shape index (κ1) is 17.7. The molecule has 1 fully saturated rings.